The molecule has 1 aliphatic heterocycles. The third kappa shape index (κ3) is 3.82. The molecule has 0 aliphatic carbocycles. The lowest BCUT2D eigenvalue weighted by Gasteiger charge is -2.36. The molecule has 6 nitrogen and oxygen atoms in total. The van der Waals surface area contributed by atoms with Crippen LogP contribution in [-0.4, -0.2) is 52.8 Å². The number of anilines is 1. The first kappa shape index (κ1) is 18.4. The Morgan fingerprint density at radius 1 is 0.929 bits per heavy atom. The highest BCUT2D eigenvalue weighted by atomic mass is 16.3. The predicted molar refractivity (Wildman–Crippen MR) is 111 cm³/mol. The van der Waals surface area contributed by atoms with E-state index in [-0.39, 0.29) is 5.75 Å². The van der Waals surface area contributed by atoms with Crippen LogP contribution in [0, 0.1) is 0 Å². The fraction of sp³-hybridized carbons (Fsp3) is 0.318. The van der Waals surface area contributed by atoms with Crippen LogP contribution in [0.5, 0.6) is 11.5 Å². The number of piperazine rings is 1. The summed E-state index contributed by atoms with van der Waals surface area (Å²) in [6, 6.07) is 16.1. The second kappa shape index (κ2) is 7.94. The Morgan fingerprint density at radius 2 is 1.68 bits per heavy atom. The summed E-state index contributed by atoms with van der Waals surface area (Å²) >= 11 is 0. The van der Waals surface area contributed by atoms with Crippen LogP contribution in [0.15, 0.2) is 53.3 Å². The quantitative estimate of drug-likeness (QED) is 0.635. The number of hydrogen-bond acceptors (Lipinski definition) is 5. The standard InChI is InChI=1S/C22H25N3O3/c26-20-18-15-16(8-9-19(18)23-22(28)21(20)27)5-4-10-24-11-13-25(14-12-24)17-6-2-1-3-7-17/h1-3,6-9,15,27H,4-5,10-14H2,(H2,23,26,28). The largest absolute Gasteiger partial charge is 0.504 e. The van der Waals surface area contributed by atoms with Crippen molar-refractivity contribution in [2.75, 3.05) is 37.6 Å². The van der Waals surface area contributed by atoms with Gasteiger partial charge < -0.3 is 20.1 Å². The monoisotopic (exact) mass is 379 g/mol. The van der Waals surface area contributed by atoms with E-state index < -0.39 is 11.3 Å². The number of nitrogens with zero attached hydrogens (tertiary/aromatic N) is 2. The normalized spacial score (nSPS) is 15.2. The molecule has 2 heterocycles. The van der Waals surface area contributed by atoms with Crippen LogP contribution < -0.4 is 10.5 Å². The van der Waals surface area contributed by atoms with Gasteiger partial charge in [0.2, 0.25) is 5.75 Å². The van der Waals surface area contributed by atoms with Gasteiger partial charge in [0.15, 0.2) is 5.75 Å². The zero-order valence-corrected chi connectivity index (χ0v) is 15.8. The number of aromatic hydroxyl groups is 2. The fourth-order valence-electron chi connectivity index (χ4n) is 3.84. The summed E-state index contributed by atoms with van der Waals surface area (Å²) < 4.78 is 0. The van der Waals surface area contributed by atoms with E-state index in [1.165, 1.54) is 5.69 Å². The van der Waals surface area contributed by atoms with E-state index in [9.17, 15) is 15.0 Å². The number of nitrogens with one attached hydrogen (secondary N) is 1. The van der Waals surface area contributed by atoms with Crippen molar-refractivity contribution in [1.29, 1.82) is 0 Å². The first-order chi connectivity index (χ1) is 13.6. The molecule has 0 unspecified atom stereocenters. The molecule has 1 saturated heterocycles. The Morgan fingerprint density at radius 3 is 2.43 bits per heavy atom. The van der Waals surface area contributed by atoms with Gasteiger partial charge in [-0.1, -0.05) is 24.3 Å². The van der Waals surface area contributed by atoms with Crippen molar-refractivity contribution < 1.29 is 10.2 Å². The average molecular weight is 379 g/mol. The number of rotatable bonds is 5. The van der Waals surface area contributed by atoms with E-state index in [1.54, 1.807) is 6.07 Å². The summed E-state index contributed by atoms with van der Waals surface area (Å²) in [4.78, 5) is 19.0. The van der Waals surface area contributed by atoms with Crippen LogP contribution in [0.4, 0.5) is 5.69 Å². The van der Waals surface area contributed by atoms with Crippen molar-refractivity contribution in [3.05, 3.63) is 64.4 Å². The molecule has 0 spiro atoms. The van der Waals surface area contributed by atoms with Crippen LogP contribution >= 0.6 is 0 Å². The summed E-state index contributed by atoms with van der Waals surface area (Å²) in [5, 5.41) is 20.1. The molecule has 6 heteroatoms. The fourth-order valence-corrected chi connectivity index (χ4v) is 3.84. The van der Waals surface area contributed by atoms with Gasteiger partial charge in [-0.05, 0) is 49.2 Å². The number of aryl methyl sites for hydroxylation is 1. The second-order valence-corrected chi connectivity index (χ2v) is 7.30. The highest BCUT2D eigenvalue weighted by Crippen LogP contribution is 2.29. The van der Waals surface area contributed by atoms with Gasteiger partial charge in [0.05, 0.1) is 5.52 Å². The number of hydrogen-bond donors (Lipinski definition) is 3. The Hall–Kier alpha value is -2.99. The SMILES string of the molecule is O=c1[nH]c2ccc(CCCN3CCN(c4ccccc4)CC3)cc2c(O)c1O. The maximum absolute atomic E-state index is 11.5. The van der Waals surface area contributed by atoms with Crippen molar-refractivity contribution in [2.24, 2.45) is 0 Å². The van der Waals surface area contributed by atoms with Gasteiger partial charge in [-0.3, -0.25) is 9.69 Å². The Labute approximate surface area is 163 Å². The lowest BCUT2D eigenvalue weighted by atomic mass is 10.1. The van der Waals surface area contributed by atoms with Crippen molar-refractivity contribution in [2.45, 2.75) is 12.8 Å². The summed E-state index contributed by atoms with van der Waals surface area (Å²) in [6.45, 7) is 5.23. The zero-order valence-electron chi connectivity index (χ0n) is 15.8. The smallest absolute Gasteiger partial charge is 0.294 e. The number of benzene rings is 2. The van der Waals surface area contributed by atoms with Crippen molar-refractivity contribution in [1.82, 2.24) is 9.88 Å². The molecule has 4 rings (SSSR count). The molecule has 0 bridgehead atoms. The number of H-pyrrole nitrogens is 1. The van der Waals surface area contributed by atoms with E-state index in [4.69, 9.17) is 0 Å². The molecule has 1 aliphatic rings. The molecule has 0 atom stereocenters. The van der Waals surface area contributed by atoms with Gasteiger partial charge >= 0.3 is 0 Å². The van der Waals surface area contributed by atoms with E-state index in [1.807, 2.05) is 18.2 Å². The Balaban J connectivity index is 1.32. The number of pyridine rings is 1. The van der Waals surface area contributed by atoms with Crippen LogP contribution in [0.25, 0.3) is 10.9 Å². The number of para-hydroxylation sites is 1. The molecule has 0 radical (unpaired) electrons. The Bertz CT molecular complexity index is 1010. The minimum Gasteiger partial charge on any atom is -0.504 e. The van der Waals surface area contributed by atoms with E-state index in [0.717, 1.165) is 51.1 Å². The van der Waals surface area contributed by atoms with Crippen molar-refractivity contribution in [3.8, 4) is 11.5 Å². The lowest BCUT2D eigenvalue weighted by molar-refractivity contribution is 0.255. The van der Waals surface area contributed by atoms with Gasteiger partial charge in [0, 0.05) is 37.3 Å². The molecule has 1 fully saturated rings. The first-order valence-electron chi connectivity index (χ1n) is 9.71. The highest BCUT2D eigenvalue weighted by Gasteiger charge is 2.16. The number of aromatic amines is 1. The average Bonchev–Trinajstić information content (AvgIpc) is 2.74. The topological polar surface area (TPSA) is 79.8 Å². The minimum absolute atomic E-state index is 0.349. The van der Waals surface area contributed by atoms with Gasteiger partial charge in [-0.15, -0.1) is 0 Å². The second-order valence-electron chi connectivity index (χ2n) is 7.30. The molecule has 2 aromatic carbocycles. The summed E-state index contributed by atoms with van der Waals surface area (Å²) in [6.07, 6.45) is 1.90. The molecule has 3 aromatic rings. The van der Waals surface area contributed by atoms with Gasteiger partial charge in [-0.2, -0.15) is 0 Å². The predicted octanol–water partition coefficient (Wildman–Crippen LogP) is 2.69. The van der Waals surface area contributed by atoms with E-state index >= 15 is 0 Å². The third-order valence-electron chi connectivity index (χ3n) is 5.46. The molecular formula is C22H25N3O3. The maximum Gasteiger partial charge on any atom is 0.294 e. The van der Waals surface area contributed by atoms with E-state index in [0.29, 0.717) is 10.9 Å². The highest BCUT2D eigenvalue weighted by molar-refractivity contribution is 5.87. The maximum atomic E-state index is 11.5. The summed E-state index contributed by atoms with van der Waals surface area (Å²) in [5.41, 5.74) is 2.23. The van der Waals surface area contributed by atoms with Gasteiger partial charge in [0.25, 0.3) is 5.56 Å². The molecule has 0 amide bonds. The molecule has 0 saturated carbocycles. The van der Waals surface area contributed by atoms with Gasteiger partial charge in [0.1, 0.15) is 0 Å². The number of fused-ring (bicyclic) bond motifs is 1. The zero-order chi connectivity index (χ0) is 19.5. The summed E-state index contributed by atoms with van der Waals surface area (Å²) in [7, 11) is 0. The molecular weight excluding hydrogens is 354 g/mol. The van der Waals surface area contributed by atoms with Crippen molar-refractivity contribution >= 4 is 16.6 Å². The van der Waals surface area contributed by atoms with Crippen LogP contribution in [0.3, 0.4) is 0 Å². The molecule has 1 aromatic heterocycles. The Kier molecular flexibility index (Phi) is 5.21. The minimum atomic E-state index is -0.674. The lowest BCUT2D eigenvalue weighted by Crippen LogP contribution is -2.46. The third-order valence-corrected chi connectivity index (χ3v) is 5.46. The van der Waals surface area contributed by atoms with Crippen molar-refractivity contribution in [3.63, 3.8) is 0 Å². The molecule has 146 valence electrons. The van der Waals surface area contributed by atoms with E-state index in [2.05, 4.69) is 39.0 Å². The molecule has 3 N–H and O–H groups in total. The van der Waals surface area contributed by atoms with Crippen LogP contribution in [-0.2, 0) is 6.42 Å². The molecule has 28 heavy (non-hydrogen) atoms. The van der Waals surface area contributed by atoms with Gasteiger partial charge in [-0.25, -0.2) is 0 Å². The number of aromatic nitrogens is 1. The van der Waals surface area contributed by atoms with Crippen LogP contribution in [0.1, 0.15) is 12.0 Å². The summed E-state index contributed by atoms with van der Waals surface area (Å²) in [5.74, 6) is -0.974. The first-order valence-corrected chi connectivity index (χ1v) is 9.71. The van der Waals surface area contributed by atoms with Crippen LogP contribution in [0.2, 0.25) is 0 Å².